The SMILES string of the molecule is C[N+](=O)CC(CN=O)C1CN(c2cn3c(=O)c4c(nc3c(-c3ccc(Cl)cc3F)n2)COC4)CCO1. The first-order valence-electron chi connectivity index (χ1n) is 11.4. The molecule has 188 valence electrons. The van der Waals surface area contributed by atoms with Gasteiger partial charge in [-0.15, -0.1) is 0 Å². The normalized spacial score (nSPS) is 18.3. The Morgan fingerprint density at radius 1 is 1.33 bits per heavy atom. The highest BCUT2D eigenvalue weighted by molar-refractivity contribution is 6.30. The lowest BCUT2D eigenvalue weighted by Gasteiger charge is -2.36. The summed E-state index contributed by atoms with van der Waals surface area (Å²) in [5.41, 5.74) is 1.17. The Balaban J connectivity index is 1.62. The smallest absolute Gasteiger partial charge is 0.263 e. The molecule has 0 radical (unpaired) electrons. The monoisotopic (exact) mass is 517 g/mol. The Morgan fingerprint density at radius 2 is 2.17 bits per heavy atom. The predicted molar refractivity (Wildman–Crippen MR) is 129 cm³/mol. The third-order valence-electron chi connectivity index (χ3n) is 6.39. The van der Waals surface area contributed by atoms with Crippen molar-refractivity contribution >= 4 is 23.1 Å². The van der Waals surface area contributed by atoms with Crippen LogP contribution < -0.4 is 10.5 Å². The van der Waals surface area contributed by atoms with Gasteiger partial charge in [-0.3, -0.25) is 9.20 Å². The van der Waals surface area contributed by atoms with Gasteiger partial charge in [-0.2, -0.15) is 4.91 Å². The molecule has 11 nitrogen and oxygen atoms in total. The van der Waals surface area contributed by atoms with E-state index in [1.54, 1.807) is 12.3 Å². The molecule has 36 heavy (non-hydrogen) atoms. The van der Waals surface area contributed by atoms with E-state index in [2.05, 4.69) is 10.2 Å². The van der Waals surface area contributed by atoms with Crippen molar-refractivity contribution in [1.29, 1.82) is 0 Å². The summed E-state index contributed by atoms with van der Waals surface area (Å²) in [5.74, 6) is -0.627. The molecule has 0 aliphatic carbocycles. The minimum atomic E-state index is -0.601. The van der Waals surface area contributed by atoms with Gasteiger partial charge in [-0.25, -0.2) is 14.4 Å². The zero-order valence-corrected chi connectivity index (χ0v) is 20.2. The summed E-state index contributed by atoms with van der Waals surface area (Å²) in [4.78, 5) is 47.1. The molecule has 2 unspecified atom stereocenters. The quantitative estimate of drug-likeness (QED) is 0.346. The van der Waals surface area contributed by atoms with E-state index in [0.29, 0.717) is 36.8 Å². The number of rotatable bonds is 7. The zero-order valence-electron chi connectivity index (χ0n) is 19.4. The van der Waals surface area contributed by atoms with E-state index in [4.69, 9.17) is 26.1 Å². The first kappa shape index (κ1) is 24.3. The van der Waals surface area contributed by atoms with E-state index in [9.17, 15) is 14.6 Å². The molecular weight excluding hydrogens is 495 g/mol. The van der Waals surface area contributed by atoms with Gasteiger partial charge in [0.05, 0.1) is 55.8 Å². The summed E-state index contributed by atoms with van der Waals surface area (Å²) < 4.78 is 28.4. The van der Waals surface area contributed by atoms with E-state index in [-0.39, 0.29) is 53.8 Å². The molecule has 0 saturated carbocycles. The predicted octanol–water partition coefficient (Wildman–Crippen LogP) is 2.58. The molecule has 3 aromatic rings. The van der Waals surface area contributed by atoms with Crippen LogP contribution in [0.2, 0.25) is 5.02 Å². The van der Waals surface area contributed by atoms with Crippen molar-refractivity contribution in [3.63, 3.8) is 0 Å². The molecular formula is C23H23ClFN6O5+. The lowest BCUT2D eigenvalue weighted by Crippen LogP contribution is -2.48. The van der Waals surface area contributed by atoms with Crippen LogP contribution in [-0.2, 0) is 22.7 Å². The molecule has 2 aliphatic heterocycles. The van der Waals surface area contributed by atoms with Crippen molar-refractivity contribution < 1.29 is 18.6 Å². The van der Waals surface area contributed by atoms with Gasteiger partial charge in [0.1, 0.15) is 17.3 Å². The van der Waals surface area contributed by atoms with Crippen molar-refractivity contribution in [3.8, 4) is 11.3 Å². The van der Waals surface area contributed by atoms with Crippen LogP contribution in [0.1, 0.15) is 11.3 Å². The maximum Gasteiger partial charge on any atom is 0.263 e. The minimum absolute atomic E-state index is 0.0755. The van der Waals surface area contributed by atoms with Crippen LogP contribution in [0.5, 0.6) is 0 Å². The lowest BCUT2D eigenvalue weighted by molar-refractivity contribution is -0.528. The second-order valence-corrected chi connectivity index (χ2v) is 9.27. The molecule has 0 spiro atoms. The van der Waals surface area contributed by atoms with Crippen LogP contribution in [0.15, 0.2) is 34.4 Å². The molecule has 1 saturated heterocycles. The third-order valence-corrected chi connectivity index (χ3v) is 6.63. The molecule has 1 fully saturated rings. The number of nitroso groups, excluding NO2 is 2. The highest BCUT2D eigenvalue weighted by atomic mass is 35.5. The van der Waals surface area contributed by atoms with Crippen LogP contribution >= 0.6 is 11.6 Å². The highest BCUT2D eigenvalue weighted by Gasteiger charge is 2.33. The molecule has 0 bridgehead atoms. The Bertz CT molecular complexity index is 1420. The number of nitrogens with zero attached hydrogens (tertiary/aromatic N) is 6. The summed E-state index contributed by atoms with van der Waals surface area (Å²) >= 11 is 5.96. The molecule has 2 atom stereocenters. The molecule has 2 aromatic heterocycles. The second-order valence-electron chi connectivity index (χ2n) is 8.84. The van der Waals surface area contributed by atoms with Crippen molar-refractivity contribution in [2.75, 3.05) is 44.7 Å². The van der Waals surface area contributed by atoms with Crippen LogP contribution in [0.4, 0.5) is 10.2 Å². The van der Waals surface area contributed by atoms with Crippen molar-refractivity contribution in [2.24, 2.45) is 11.1 Å². The average Bonchev–Trinajstić information content (AvgIpc) is 3.33. The lowest BCUT2D eigenvalue weighted by atomic mass is 10.0. The minimum Gasteiger partial charge on any atom is -0.374 e. The Morgan fingerprint density at radius 3 is 2.92 bits per heavy atom. The largest absolute Gasteiger partial charge is 0.374 e. The number of ether oxygens (including phenoxy) is 2. The number of benzene rings is 1. The van der Waals surface area contributed by atoms with Crippen molar-refractivity contribution in [1.82, 2.24) is 14.4 Å². The first-order chi connectivity index (χ1) is 17.4. The second kappa shape index (κ2) is 9.96. The van der Waals surface area contributed by atoms with Gasteiger partial charge in [0.25, 0.3) is 5.56 Å². The summed E-state index contributed by atoms with van der Waals surface area (Å²) in [7, 11) is 1.37. The average molecular weight is 518 g/mol. The van der Waals surface area contributed by atoms with Gasteiger partial charge in [-0.05, 0) is 23.0 Å². The standard InChI is InChI=1S/C23H23ClFN6O5/c1-29(34)8-13(7-26-33)19-9-30(4-5-36-19)20-10-31-22(27-18-12-35-11-16(18)23(31)32)21(28-20)15-3-2-14(24)6-17(15)25/h2-3,6,10,13,19H,4-5,7-9,11-12H2,1H3/q+1. The van der Waals surface area contributed by atoms with Gasteiger partial charge in [0, 0.05) is 28.6 Å². The summed E-state index contributed by atoms with van der Waals surface area (Å²) in [6.07, 6.45) is 1.10. The Kier molecular flexibility index (Phi) is 6.73. The maximum absolute atomic E-state index is 15.0. The number of anilines is 1. The molecule has 4 heterocycles. The van der Waals surface area contributed by atoms with E-state index in [1.807, 2.05) is 4.90 Å². The number of fused-ring (bicyclic) bond motifs is 2. The number of hydrogen-bond acceptors (Lipinski definition) is 9. The number of morpholine rings is 1. The van der Waals surface area contributed by atoms with Crippen LogP contribution in [0, 0.1) is 21.5 Å². The molecule has 0 N–H and O–H groups in total. The molecule has 1 aromatic carbocycles. The third kappa shape index (κ3) is 4.59. The van der Waals surface area contributed by atoms with Gasteiger partial charge < -0.3 is 14.4 Å². The van der Waals surface area contributed by atoms with Crippen molar-refractivity contribution in [3.05, 3.63) is 66.7 Å². The van der Waals surface area contributed by atoms with Gasteiger partial charge in [0.2, 0.25) is 0 Å². The number of hydrogen-bond donors (Lipinski definition) is 0. The van der Waals surface area contributed by atoms with Crippen LogP contribution in [0.3, 0.4) is 0 Å². The van der Waals surface area contributed by atoms with Gasteiger partial charge >= 0.3 is 0 Å². The zero-order chi connectivity index (χ0) is 25.4. The summed E-state index contributed by atoms with van der Waals surface area (Å²) in [5, 5.41) is 3.20. The highest BCUT2D eigenvalue weighted by Crippen LogP contribution is 2.30. The summed E-state index contributed by atoms with van der Waals surface area (Å²) in [6.45, 7) is 1.37. The molecule has 13 heteroatoms. The summed E-state index contributed by atoms with van der Waals surface area (Å²) in [6, 6.07) is 4.22. The molecule has 5 rings (SSSR count). The topological polar surface area (TPSA) is 118 Å². The Labute approximate surface area is 209 Å². The van der Waals surface area contributed by atoms with Gasteiger partial charge in [-0.1, -0.05) is 16.8 Å². The molecule has 0 amide bonds. The van der Waals surface area contributed by atoms with E-state index >= 15 is 4.39 Å². The van der Waals surface area contributed by atoms with E-state index in [0.717, 1.165) is 4.76 Å². The van der Waals surface area contributed by atoms with E-state index < -0.39 is 17.8 Å². The van der Waals surface area contributed by atoms with Gasteiger partial charge in [0.15, 0.2) is 19.2 Å². The maximum atomic E-state index is 15.0. The van der Waals surface area contributed by atoms with Crippen LogP contribution in [0.25, 0.3) is 16.9 Å². The Hall–Kier alpha value is -3.35. The fourth-order valence-electron chi connectivity index (χ4n) is 4.63. The number of aromatic nitrogens is 3. The molecule has 2 aliphatic rings. The number of halogens is 2. The first-order valence-corrected chi connectivity index (χ1v) is 11.8. The fourth-order valence-corrected chi connectivity index (χ4v) is 4.79. The van der Waals surface area contributed by atoms with Crippen molar-refractivity contribution in [2.45, 2.75) is 19.3 Å². The fraction of sp³-hybridized carbons (Fsp3) is 0.435. The van der Waals surface area contributed by atoms with E-state index in [1.165, 1.54) is 23.6 Å². The van der Waals surface area contributed by atoms with Crippen LogP contribution in [-0.4, -0.2) is 65.1 Å².